The van der Waals surface area contributed by atoms with Crippen LogP contribution in [0.15, 0.2) is 78.4 Å². The predicted octanol–water partition coefficient (Wildman–Crippen LogP) is 6.95. The summed E-state index contributed by atoms with van der Waals surface area (Å²) in [5.74, 6) is 0.179. The topological polar surface area (TPSA) is 215 Å². The Balaban J connectivity index is 0.817. The number of halogens is 1. The van der Waals surface area contributed by atoms with Gasteiger partial charge in [0.25, 0.3) is 0 Å². The van der Waals surface area contributed by atoms with Gasteiger partial charge < -0.3 is 40.9 Å². The Morgan fingerprint density at radius 2 is 1.67 bits per heavy atom. The first-order valence-corrected chi connectivity index (χ1v) is 27.6. The number of nitrogens with zero attached hydrogens (tertiary/aromatic N) is 7. The Hall–Kier alpha value is -6.06. The number of rotatable bonds is 16. The van der Waals surface area contributed by atoms with Crippen LogP contribution in [-0.2, 0) is 31.0 Å². The molecule has 2 aromatic heterocycles. The molecule has 3 amide bonds. The zero-order chi connectivity index (χ0) is 52.2. The maximum atomic E-state index is 14.3. The summed E-state index contributed by atoms with van der Waals surface area (Å²) in [6, 6.07) is 19.1. The van der Waals surface area contributed by atoms with Crippen LogP contribution in [0.25, 0.3) is 10.4 Å². The summed E-state index contributed by atoms with van der Waals surface area (Å²) in [7, 11) is -0.438. The molecule has 3 saturated heterocycles. The number of nitrogens with one attached hydrogen (secondary N) is 4. The van der Waals surface area contributed by atoms with Gasteiger partial charge in [-0.1, -0.05) is 68.8 Å². The van der Waals surface area contributed by atoms with Gasteiger partial charge in [0.15, 0.2) is 5.82 Å². The van der Waals surface area contributed by atoms with Crippen LogP contribution >= 0.6 is 22.9 Å². The number of para-hydroxylation sites is 2. The molecule has 0 saturated carbocycles. The van der Waals surface area contributed by atoms with Gasteiger partial charge in [-0.05, 0) is 91.9 Å². The number of aliphatic hydroxyl groups is 1. The molecule has 3 aliphatic heterocycles. The van der Waals surface area contributed by atoms with Crippen LogP contribution in [0.3, 0.4) is 0 Å². The lowest BCUT2D eigenvalue weighted by Crippen LogP contribution is -2.59. The van der Waals surface area contributed by atoms with E-state index >= 15 is 0 Å². The number of benzene rings is 3. The second kappa shape index (κ2) is 22.2. The molecular weight excluding hydrogens is 990 g/mol. The lowest BCUT2D eigenvalue weighted by molar-refractivity contribution is -0.144. The number of aromatic nitrogens is 3. The van der Waals surface area contributed by atoms with Gasteiger partial charge >= 0.3 is 0 Å². The molecule has 21 heteroatoms. The van der Waals surface area contributed by atoms with Crippen LogP contribution in [0.1, 0.15) is 64.1 Å². The number of aryl methyl sites for hydroxylation is 1. The van der Waals surface area contributed by atoms with E-state index < -0.39 is 33.6 Å². The number of amides is 3. The second-order valence-corrected chi connectivity index (χ2v) is 23.8. The van der Waals surface area contributed by atoms with Crippen molar-refractivity contribution in [2.75, 3.05) is 79.5 Å². The number of piperidine rings is 2. The van der Waals surface area contributed by atoms with E-state index in [1.807, 2.05) is 75.7 Å². The molecule has 3 aromatic carbocycles. The van der Waals surface area contributed by atoms with Crippen LogP contribution in [0.5, 0.6) is 5.75 Å². The fourth-order valence-electron chi connectivity index (χ4n) is 9.89. The van der Waals surface area contributed by atoms with Crippen molar-refractivity contribution in [3.8, 4) is 16.2 Å². The number of hydrogen-bond donors (Lipinski definition) is 5. The molecule has 18 nitrogen and oxygen atoms in total. The monoisotopic (exact) mass is 1060 g/mol. The fourth-order valence-corrected chi connectivity index (χ4v) is 11.4. The van der Waals surface area contributed by atoms with E-state index in [9.17, 15) is 27.9 Å². The molecule has 3 aliphatic rings. The molecule has 1 spiro atoms. The third-order valence-corrected chi connectivity index (χ3v) is 16.8. The molecule has 0 radical (unpaired) electrons. The van der Waals surface area contributed by atoms with Crippen LogP contribution in [0, 0.1) is 17.8 Å². The normalized spacial score (nSPS) is 18.5. The first-order chi connectivity index (χ1) is 34.7. The van der Waals surface area contributed by atoms with E-state index in [0.29, 0.717) is 22.8 Å². The average Bonchev–Trinajstić information content (AvgIpc) is 3.99. The van der Waals surface area contributed by atoms with Crippen molar-refractivity contribution in [2.24, 2.45) is 10.8 Å². The van der Waals surface area contributed by atoms with Crippen molar-refractivity contribution >= 4 is 85.2 Å². The van der Waals surface area contributed by atoms with E-state index in [-0.39, 0.29) is 66.0 Å². The molecule has 5 N–H and O–H groups in total. The minimum absolute atomic E-state index is 0.0115. The van der Waals surface area contributed by atoms with Crippen molar-refractivity contribution in [3.63, 3.8) is 0 Å². The predicted molar refractivity (Wildman–Crippen MR) is 287 cm³/mol. The Kier molecular flexibility index (Phi) is 16.2. The van der Waals surface area contributed by atoms with Crippen molar-refractivity contribution in [1.82, 2.24) is 35.4 Å². The first-order valence-electron chi connectivity index (χ1n) is 24.5. The largest absolute Gasteiger partial charge is 0.494 e. The fraction of sp³-hybridized carbons (Fsp3) is 0.462. The third kappa shape index (κ3) is 12.7. The minimum atomic E-state index is -3.53. The first kappa shape index (κ1) is 53.2. The van der Waals surface area contributed by atoms with Crippen LogP contribution in [0.4, 0.5) is 34.5 Å². The summed E-state index contributed by atoms with van der Waals surface area (Å²) in [4.78, 5) is 62.0. The van der Waals surface area contributed by atoms with E-state index in [2.05, 4.69) is 46.0 Å². The van der Waals surface area contributed by atoms with E-state index in [0.717, 1.165) is 85.5 Å². The summed E-state index contributed by atoms with van der Waals surface area (Å²) in [6.45, 7) is 11.3. The molecule has 73 heavy (non-hydrogen) atoms. The van der Waals surface area contributed by atoms with E-state index in [1.54, 1.807) is 42.7 Å². The van der Waals surface area contributed by atoms with E-state index in [4.69, 9.17) is 16.3 Å². The minimum Gasteiger partial charge on any atom is -0.494 e. The second-order valence-electron chi connectivity index (χ2n) is 20.5. The molecular formula is C52H66ClN11O7S2. The number of β-amino-alcohol motifs (C(OH)–C–C–N with tert-alkyl or cyclic N) is 1. The van der Waals surface area contributed by atoms with Crippen molar-refractivity contribution < 1.29 is 32.6 Å². The number of sulfonamides is 1. The van der Waals surface area contributed by atoms with Gasteiger partial charge in [-0.2, -0.15) is 4.98 Å². The van der Waals surface area contributed by atoms with E-state index in [1.165, 1.54) is 22.4 Å². The standard InChI is InChI=1S/C52H66ClN11O7S2/c1-33-45(72-32-56-33)35-14-12-34(13-15-35)28-54-48(67)42-27-37(65)30-64(42)49(68)46(51(2,3)4)59-44(66)31-62-22-18-52(19-23-62)20-24-63(25-21-52)36-16-17-40(43(26-36)71-6)58-50-55-29-38(53)47(60-50)57-39-10-8-9-11-41(39)61(5)73(7,69)70/h8-17,26,29,32,37,42,46,65H,18-25,27-28,30-31H2,1-7H3,(H,54,67)(H,59,66)(H2,55,57,58,60)/t37-,42-,46?/m1/s1. The Morgan fingerprint density at radius 1 is 0.973 bits per heavy atom. The highest BCUT2D eigenvalue weighted by molar-refractivity contribution is 7.92. The number of anilines is 6. The van der Waals surface area contributed by atoms with Crippen molar-refractivity contribution in [3.05, 3.63) is 94.7 Å². The van der Waals surface area contributed by atoms with Crippen LogP contribution in [-0.4, -0.2) is 134 Å². The molecule has 8 rings (SSSR count). The smallest absolute Gasteiger partial charge is 0.246 e. The Labute approximate surface area is 436 Å². The Morgan fingerprint density at radius 3 is 2.33 bits per heavy atom. The number of hydrogen-bond acceptors (Lipinski definition) is 15. The summed E-state index contributed by atoms with van der Waals surface area (Å²) in [6.07, 6.45) is 5.78. The highest BCUT2D eigenvalue weighted by Gasteiger charge is 2.45. The lowest BCUT2D eigenvalue weighted by atomic mass is 9.71. The van der Waals surface area contributed by atoms with Gasteiger partial charge in [0.2, 0.25) is 33.7 Å². The molecule has 5 heterocycles. The molecule has 5 aromatic rings. The number of likely N-dealkylation sites (tertiary alicyclic amines) is 2. The molecule has 0 bridgehead atoms. The number of carbonyl (C=O) groups is 3. The van der Waals surface area contributed by atoms with Gasteiger partial charge in [0, 0.05) is 51.4 Å². The number of aliphatic hydroxyl groups excluding tert-OH is 1. The number of methoxy groups -OCH3 is 1. The molecule has 1 unspecified atom stereocenters. The molecule has 0 aliphatic carbocycles. The summed E-state index contributed by atoms with van der Waals surface area (Å²) in [5, 5.41) is 23.4. The average molecular weight is 1060 g/mol. The van der Waals surface area contributed by atoms with Gasteiger partial charge in [-0.25, -0.2) is 18.4 Å². The van der Waals surface area contributed by atoms with Gasteiger partial charge in [0.05, 0.1) is 65.4 Å². The Bertz CT molecular complexity index is 2900. The zero-order valence-electron chi connectivity index (χ0n) is 42.4. The third-order valence-electron chi connectivity index (χ3n) is 14.4. The van der Waals surface area contributed by atoms with Crippen LogP contribution in [0.2, 0.25) is 5.02 Å². The number of ether oxygens (including phenoxy) is 1. The lowest BCUT2D eigenvalue weighted by Gasteiger charge is -2.47. The number of carbonyl (C=O) groups excluding carboxylic acids is 3. The van der Waals surface area contributed by atoms with Crippen molar-refractivity contribution in [1.29, 1.82) is 0 Å². The summed E-state index contributed by atoms with van der Waals surface area (Å²) >= 11 is 8.08. The molecule has 3 atom stereocenters. The van der Waals surface area contributed by atoms with Gasteiger partial charge in [-0.15, -0.1) is 11.3 Å². The molecule has 390 valence electrons. The maximum Gasteiger partial charge on any atom is 0.246 e. The highest BCUT2D eigenvalue weighted by atomic mass is 35.5. The van der Waals surface area contributed by atoms with Gasteiger partial charge in [-0.3, -0.25) is 23.6 Å². The molecule has 3 fully saturated rings. The quantitative estimate of drug-likeness (QED) is 0.0677. The van der Waals surface area contributed by atoms with Crippen LogP contribution < -0.4 is 35.2 Å². The maximum absolute atomic E-state index is 14.3. The number of thiazole rings is 1. The van der Waals surface area contributed by atoms with Gasteiger partial charge in [0.1, 0.15) is 22.9 Å². The summed E-state index contributed by atoms with van der Waals surface area (Å²) < 4.78 is 31.6. The van der Waals surface area contributed by atoms with Crippen molar-refractivity contribution in [2.45, 2.75) is 84.5 Å². The highest BCUT2D eigenvalue weighted by Crippen LogP contribution is 2.43. The summed E-state index contributed by atoms with van der Waals surface area (Å²) in [5.41, 5.74) is 6.86. The SMILES string of the molecule is COc1cc(N2CCC3(CCN(CC(=O)NC(C(=O)N4C[C@H](O)C[C@@H]4C(=O)NCc4ccc(-c5scnc5C)cc4)C(C)(C)C)CC3)CC2)ccc1Nc1ncc(Cl)c(Nc2ccccc2N(C)S(C)(=O)=O)n1. The zero-order valence-corrected chi connectivity index (χ0v) is 44.8.